The Balaban J connectivity index is 0.998. The summed E-state index contributed by atoms with van der Waals surface area (Å²) < 4.78 is 67.7. The molecule has 0 bridgehead atoms. The zero-order valence-electron chi connectivity index (χ0n) is 40.3. The second-order valence-corrected chi connectivity index (χ2v) is 24.2. The second kappa shape index (κ2) is 21.6. The minimum atomic E-state index is -3.76. The third-order valence-electron chi connectivity index (χ3n) is 12.8. The number of aromatic nitrogens is 1. The van der Waals surface area contributed by atoms with Crippen molar-refractivity contribution >= 4 is 74.5 Å². The molecule has 370 valence electrons. The van der Waals surface area contributed by atoms with Gasteiger partial charge in [-0.2, -0.15) is 0 Å². The standard InChI is InChI=1S/C52H60ClFN7O6PS2/c1-36(2)60-37(3)52(70(6,65)66)50(51(60)38-13-15-40(53)16-14-38)39-31-41(54)33-45(32-39)58-28-26-57(27-29-58)43-17-19-44(20-18-43)59-24-10-30-67-68(59,64)46-21-22-48(49(34-46)61(62)63)55-42(23-25-56(4)5)35-69-47-11-8-7-9-12-47/h7-9,11-22,31-34,36,42,55H,10,23-30,35H2,1-6H3/t42-,68+/m1/s1. The average Bonchev–Trinajstić information content (AvgIpc) is 3.66. The van der Waals surface area contributed by atoms with Gasteiger partial charge in [-0.05, 0) is 144 Å². The summed E-state index contributed by atoms with van der Waals surface area (Å²) in [4.78, 5) is 19.9. The van der Waals surface area contributed by atoms with Crippen LogP contribution in [0.25, 0.3) is 22.4 Å². The number of hydrogen-bond acceptors (Lipinski definition) is 11. The number of sulfone groups is 1. The SMILES string of the molecule is Cc1c(S(C)(=O)=O)c(-c2cc(F)cc(N3CCN(c4ccc(N5CCCO[P@@]5(=O)c5ccc(N[C@H](CCN(C)C)CSc6ccccc6)c([N+](=O)[O-])c5)cc4)CC3)c2)c(-c2ccc(Cl)cc2)n1C(C)C. The molecule has 1 N–H and O–H groups in total. The van der Waals surface area contributed by atoms with Gasteiger partial charge in [0.1, 0.15) is 11.5 Å². The Hall–Kier alpha value is -5.35. The molecule has 70 heavy (non-hydrogen) atoms. The highest BCUT2D eigenvalue weighted by Crippen LogP contribution is 2.55. The lowest BCUT2D eigenvalue weighted by Crippen LogP contribution is -2.46. The van der Waals surface area contributed by atoms with Crippen LogP contribution in [0.1, 0.15) is 38.4 Å². The largest absolute Gasteiger partial charge is 0.376 e. The monoisotopic (exact) mass is 1030 g/mol. The van der Waals surface area contributed by atoms with E-state index in [9.17, 15) is 23.1 Å². The number of benzene rings is 5. The highest BCUT2D eigenvalue weighted by Gasteiger charge is 2.39. The lowest BCUT2D eigenvalue weighted by Gasteiger charge is -2.38. The van der Waals surface area contributed by atoms with Crippen molar-refractivity contribution < 1.29 is 26.8 Å². The number of thioether (sulfide) groups is 1. The first-order valence-electron chi connectivity index (χ1n) is 23.4. The van der Waals surface area contributed by atoms with Crippen LogP contribution in [0.5, 0.6) is 0 Å². The number of rotatable bonds is 17. The number of hydrogen-bond donors (Lipinski definition) is 1. The predicted octanol–water partition coefficient (Wildman–Crippen LogP) is 11.4. The predicted molar refractivity (Wildman–Crippen MR) is 285 cm³/mol. The van der Waals surface area contributed by atoms with Gasteiger partial charge in [0.25, 0.3) is 5.69 Å². The maximum Gasteiger partial charge on any atom is 0.326 e. The molecule has 0 spiro atoms. The van der Waals surface area contributed by atoms with Gasteiger partial charge in [0.2, 0.25) is 0 Å². The fraction of sp³-hybridized carbons (Fsp3) is 0.346. The van der Waals surface area contributed by atoms with Gasteiger partial charge in [-0.3, -0.25) is 19.3 Å². The van der Waals surface area contributed by atoms with Crippen molar-refractivity contribution in [2.24, 2.45) is 0 Å². The molecular formula is C52H60ClFN7O6PS2. The van der Waals surface area contributed by atoms with Crippen molar-refractivity contribution in [1.29, 1.82) is 0 Å². The lowest BCUT2D eigenvalue weighted by molar-refractivity contribution is -0.383. The second-order valence-electron chi connectivity index (χ2n) is 18.4. The van der Waals surface area contributed by atoms with Crippen LogP contribution in [-0.2, 0) is 18.9 Å². The number of piperazine rings is 1. The first-order valence-corrected chi connectivity index (χ1v) is 28.3. The van der Waals surface area contributed by atoms with Crippen molar-refractivity contribution in [3.8, 4) is 22.4 Å². The van der Waals surface area contributed by atoms with E-state index in [-0.39, 0.29) is 34.6 Å². The van der Waals surface area contributed by atoms with Gasteiger partial charge in [-0.1, -0.05) is 41.9 Å². The van der Waals surface area contributed by atoms with E-state index in [2.05, 4.69) is 20.0 Å². The third kappa shape index (κ3) is 11.2. The van der Waals surface area contributed by atoms with Crippen LogP contribution in [-0.4, -0.2) is 101 Å². The molecule has 2 atom stereocenters. The summed E-state index contributed by atoms with van der Waals surface area (Å²) in [6.07, 6.45) is 2.59. The molecule has 0 unspecified atom stereocenters. The molecule has 2 aliphatic rings. The minimum Gasteiger partial charge on any atom is -0.376 e. The van der Waals surface area contributed by atoms with E-state index >= 15 is 4.39 Å². The van der Waals surface area contributed by atoms with Crippen LogP contribution < -0.4 is 25.1 Å². The molecule has 0 radical (unpaired) electrons. The van der Waals surface area contributed by atoms with Crippen LogP contribution >= 0.6 is 30.9 Å². The number of anilines is 4. The summed E-state index contributed by atoms with van der Waals surface area (Å²) in [6, 6.07) is 34.4. The first kappa shape index (κ1) is 51.0. The zero-order chi connectivity index (χ0) is 49.9. The van der Waals surface area contributed by atoms with Gasteiger partial charge >= 0.3 is 7.52 Å². The maximum atomic E-state index is 15.8. The van der Waals surface area contributed by atoms with Crippen LogP contribution in [0, 0.1) is 22.9 Å². The molecule has 2 saturated heterocycles. The van der Waals surface area contributed by atoms with Crippen LogP contribution in [0.2, 0.25) is 5.02 Å². The number of nitrogens with one attached hydrogen (secondary N) is 1. The summed E-state index contributed by atoms with van der Waals surface area (Å²) in [6.45, 7) is 9.66. The summed E-state index contributed by atoms with van der Waals surface area (Å²) in [5, 5.41) is 16.9. The van der Waals surface area contributed by atoms with Crippen molar-refractivity contribution in [2.45, 2.75) is 55.5 Å². The fourth-order valence-corrected chi connectivity index (χ4v) is 14.2. The molecule has 1 aromatic heterocycles. The Labute approximate surface area is 420 Å². The molecule has 0 amide bonds. The van der Waals surface area contributed by atoms with Gasteiger partial charge in [0, 0.05) is 101 Å². The summed E-state index contributed by atoms with van der Waals surface area (Å²) in [7, 11) is -3.51. The van der Waals surface area contributed by atoms with E-state index in [4.69, 9.17) is 16.1 Å². The van der Waals surface area contributed by atoms with Crippen LogP contribution in [0.4, 0.5) is 32.8 Å². The summed E-state index contributed by atoms with van der Waals surface area (Å²) in [5.41, 5.74) is 5.45. The molecule has 6 aromatic rings. The molecule has 8 rings (SSSR count). The Kier molecular flexibility index (Phi) is 15.7. The van der Waals surface area contributed by atoms with Gasteiger partial charge in [0.15, 0.2) is 9.84 Å². The van der Waals surface area contributed by atoms with Crippen LogP contribution in [0.15, 0.2) is 125 Å². The van der Waals surface area contributed by atoms with E-state index in [1.54, 1.807) is 47.6 Å². The number of halogens is 2. The smallest absolute Gasteiger partial charge is 0.326 e. The topological polar surface area (TPSA) is 134 Å². The molecule has 0 aliphatic carbocycles. The molecule has 18 heteroatoms. The van der Waals surface area contributed by atoms with Gasteiger partial charge in [-0.15, -0.1) is 11.8 Å². The van der Waals surface area contributed by atoms with E-state index in [0.29, 0.717) is 89.5 Å². The molecular weight excluding hydrogens is 968 g/mol. The van der Waals surface area contributed by atoms with E-state index < -0.39 is 28.1 Å². The molecule has 2 aliphatic heterocycles. The maximum absolute atomic E-state index is 15.8. The van der Waals surface area contributed by atoms with Crippen LogP contribution in [0.3, 0.4) is 0 Å². The van der Waals surface area contributed by atoms with E-state index in [1.165, 1.54) is 24.5 Å². The minimum absolute atomic E-state index is 0.0729. The Morgan fingerprint density at radius 3 is 2.16 bits per heavy atom. The molecule has 13 nitrogen and oxygen atoms in total. The van der Waals surface area contributed by atoms with Crippen molar-refractivity contribution in [3.05, 3.63) is 142 Å². The third-order valence-corrected chi connectivity index (χ3v) is 18.0. The normalized spacial score (nSPS) is 17.1. The number of nitro groups is 1. The van der Waals surface area contributed by atoms with Crippen molar-refractivity contribution in [1.82, 2.24) is 9.47 Å². The Morgan fingerprint density at radius 2 is 1.53 bits per heavy atom. The lowest BCUT2D eigenvalue weighted by atomic mass is 9.99. The quantitative estimate of drug-likeness (QED) is 0.0403. The highest BCUT2D eigenvalue weighted by atomic mass is 35.5. The van der Waals surface area contributed by atoms with Gasteiger partial charge in [-0.25, -0.2) is 12.8 Å². The summed E-state index contributed by atoms with van der Waals surface area (Å²) in [5.74, 6) is 0.226. The molecule has 0 saturated carbocycles. The zero-order valence-corrected chi connectivity index (χ0v) is 43.6. The highest BCUT2D eigenvalue weighted by molar-refractivity contribution is 7.99. The molecule has 2 fully saturated rings. The summed E-state index contributed by atoms with van der Waals surface area (Å²) >= 11 is 7.96. The molecule has 3 heterocycles. The van der Waals surface area contributed by atoms with Crippen molar-refractivity contribution in [3.63, 3.8) is 0 Å². The number of nitrogens with zero attached hydrogens (tertiary/aromatic N) is 6. The van der Waals surface area contributed by atoms with E-state index in [1.807, 2.05) is 105 Å². The fourth-order valence-electron chi connectivity index (χ4n) is 9.52. The van der Waals surface area contributed by atoms with Crippen molar-refractivity contribution in [2.75, 3.05) is 91.8 Å². The Morgan fingerprint density at radius 1 is 0.871 bits per heavy atom. The number of nitro benzene ring substituents is 1. The van der Waals surface area contributed by atoms with E-state index in [0.717, 1.165) is 29.1 Å². The average molecular weight is 1030 g/mol. The Bertz CT molecular complexity index is 2990. The van der Waals surface area contributed by atoms with Gasteiger partial charge in [0.05, 0.1) is 27.4 Å². The van der Waals surface area contributed by atoms with Gasteiger partial charge < -0.3 is 29.1 Å². The first-order chi connectivity index (χ1) is 33.4. The molecule has 5 aromatic carbocycles.